The maximum atomic E-state index is 13.8. The fourth-order valence-electron chi connectivity index (χ4n) is 4.77. The van der Waals surface area contributed by atoms with Crippen LogP contribution in [0, 0.1) is 0 Å². The van der Waals surface area contributed by atoms with Gasteiger partial charge in [-0.05, 0) is 57.5 Å². The first-order valence-electron chi connectivity index (χ1n) is 13.3. The Balaban J connectivity index is 1.31. The maximum Gasteiger partial charge on any atom is 0.261 e. The number of unbranched alkanes of at least 4 members (excludes halogenated alkanes) is 1. The van der Waals surface area contributed by atoms with Gasteiger partial charge in [0.2, 0.25) is 5.82 Å². The molecule has 0 aliphatic carbocycles. The van der Waals surface area contributed by atoms with E-state index in [1.165, 1.54) is 0 Å². The summed E-state index contributed by atoms with van der Waals surface area (Å²) in [5.41, 5.74) is 5.61. The zero-order valence-corrected chi connectivity index (χ0v) is 22.9. The molecule has 0 amide bonds. The highest BCUT2D eigenvalue weighted by Crippen LogP contribution is 2.30. The molecule has 8 nitrogen and oxygen atoms in total. The van der Waals surface area contributed by atoms with Crippen molar-refractivity contribution in [2.75, 3.05) is 0 Å². The van der Waals surface area contributed by atoms with Crippen LogP contribution in [0.25, 0.3) is 33.4 Å². The Morgan fingerprint density at radius 1 is 0.975 bits per heavy atom. The lowest BCUT2D eigenvalue weighted by Gasteiger charge is -2.15. The second kappa shape index (κ2) is 11.6. The molecule has 0 bridgehead atoms. The van der Waals surface area contributed by atoms with Crippen molar-refractivity contribution >= 4 is 22.2 Å². The van der Waals surface area contributed by atoms with Crippen molar-refractivity contribution in [3.8, 4) is 28.3 Å². The number of aromatic nitrogens is 6. The number of fused-ring (bicyclic) bond motifs is 1. The van der Waals surface area contributed by atoms with Crippen LogP contribution in [0.2, 0.25) is 0 Å². The Kier molecular flexibility index (Phi) is 7.45. The summed E-state index contributed by atoms with van der Waals surface area (Å²) >= 11 is 1.59. The number of ether oxygens (including phenoxy) is 1. The summed E-state index contributed by atoms with van der Waals surface area (Å²) in [7, 11) is 0. The molecule has 6 rings (SSSR count). The van der Waals surface area contributed by atoms with Gasteiger partial charge >= 0.3 is 0 Å². The lowest BCUT2D eigenvalue weighted by atomic mass is 9.98. The number of hydrogen-bond donors (Lipinski definition) is 1. The first-order chi connectivity index (χ1) is 19.7. The summed E-state index contributed by atoms with van der Waals surface area (Å²) in [5, 5.41) is 19.1. The largest absolute Gasteiger partial charge is 0.488 e. The number of tetrazole rings is 1. The van der Waals surface area contributed by atoms with Gasteiger partial charge in [-0.25, -0.2) is 4.98 Å². The van der Waals surface area contributed by atoms with Crippen LogP contribution >= 0.6 is 11.3 Å². The van der Waals surface area contributed by atoms with E-state index in [9.17, 15) is 4.79 Å². The highest BCUT2D eigenvalue weighted by molar-refractivity contribution is 7.08. The summed E-state index contributed by atoms with van der Waals surface area (Å²) < 4.78 is 7.69. The van der Waals surface area contributed by atoms with E-state index in [0.29, 0.717) is 24.4 Å². The first kappa shape index (κ1) is 25.6. The van der Waals surface area contributed by atoms with E-state index in [0.717, 1.165) is 64.2 Å². The fourth-order valence-corrected chi connectivity index (χ4v) is 5.34. The van der Waals surface area contributed by atoms with Gasteiger partial charge in [0, 0.05) is 17.4 Å². The molecule has 0 unspecified atom stereocenters. The third-order valence-electron chi connectivity index (χ3n) is 6.87. The molecule has 1 N–H and O–H groups in total. The molecule has 40 heavy (non-hydrogen) atoms. The van der Waals surface area contributed by atoms with Gasteiger partial charge in [-0.2, -0.15) is 5.21 Å². The van der Waals surface area contributed by atoms with Gasteiger partial charge in [0.15, 0.2) is 0 Å². The minimum atomic E-state index is -0.0278. The zero-order valence-electron chi connectivity index (χ0n) is 22.1. The molecular formula is C31H28N6O2S. The minimum absolute atomic E-state index is 0.0278. The topological polar surface area (TPSA) is 98.6 Å². The van der Waals surface area contributed by atoms with Crippen LogP contribution in [0.1, 0.15) is 36.7 Å². The molecule has 0 aliphatic rings. The van der Waals surface area contributed by atoms with Crippen LogP contribution < -0.4 is 10.3 Å². The van der Waals surface area contributed by atoms with E-state index >= 15 is 0 Å². The predicted molar refractivity (Wildman–Crippen MR) is 157 cm³/mol. The van der Waals surface area contributed by atoms with Crippen LogP contribution in [0.3, 0.4) is 0 Å². The molecule has 0 radical (unpaired) electrons. The summed E-state index contributed by atoms with van der Waals surface area (Å²) in [6.45, 7) is 2.99. The number of benzene rings is 3. The van der Waals surface area contributed by atoms with Crippen molar-refractivity contribution in [1.82, 2.24) is 30.2 Å². The summed E-state index contributed by atoms with van der Waals surface area (Å²) in [4.78, 5) is 18.8. The fraction of sp³-hybridized carbons (Fsp3) is 0.194. The second-order valence-electron chi connectivity index (χ2n) is 9.60. The number of nitrogens with zero attached hydrogens (tertiary/aromatic N) is 5. The second-order valence-corrected chi connectivity index (χ2v) is 10.4. The number of nitrogens with one attached hydrogen (secondary N) is 1. The molecule has 6 aromatic rings. The molecular weight excluding hydrogens is 520 g/mol. The van der Waals surface area contributed by atoms with Crippen molar-refractivity contribution in [3.05, 3.63) is 111 Å². The summed E-state index contributed by atoms with van der Waals surface area (Å²) in [5.74, 6) is 2.20. The minimum Gasteiger partial charge on any atom is -0.488 e. The molecule has 3 aromatic heterocycles. The Labute approximate surface area is 235 Å². The van der Waals surface area contributed by atoms with Crippen LogP contribution in [0.15, 0.2) is 88.4 Å². The predicted octanol–water partition coefficient (Wildman–Crippen LogP) is 6.28. The van der Waals surface area contributed by atoms with Crippen LogP contribution in [-0.2, 0) is 19.6 Å². The van der Waals surface area contributed by atoms with Gasteiger partial charge in [-0.15, -0.1) is 21.5 Å². The van der Waals surface area contributed by atoms with Crippen molar-refractivity contribution in [2.24, 2.45) is 0 Å². The van der Waals surface area contributed by atoms with Crippen molar-refractivity contribution < 1.29 is 4.74 Å². The Morgan fingerprint density at radius 2 is 1.80 bits per heavy atom. The maximum absolute atomic E-state index is 13.8. The number of aromatic amines is 1. The molecule has 3 heterocycles. The van der Waals surface area contributed by atoms with Crippen molar-refractivity contribution in [2.45, 2.75) is 39.3 Å². The zero-order chi connectivity index (χ0) is 27.3. The average molecular weight is 549 g/mol. The van der Waals surface area contributed by atoms with Gasteiger partial charge in [0.05, 0.1) is 17.4 Å². The van der Waals surface area contributed by atoms with E-state index in [-0.39, 0.29) is 5.56 Å². The molecule has 0 saturated carbocycles. The van der Waals surface area contributed by atoms with Crippen molar-refractivity contribution in [3.63, 3.8) is 0 Å². The number of aryl methyl sites for hydroxylation is 1. The van der Waals surface area contributed by atoms with Crippen molar-refractivity contribution in [1.29, 1.82) is 0 Å². The molecule has 0 atom stereocenters. The van der Waals surface area contributed by atoms with E-state index in [2.05, 4.69) is 51.8 Å². The van der Waals surface area contributed by atoms with Crippen LogP contribution in [0.5, 0.6) is 5.75 Å². The smallest absolute Gasteiger partial charge is 0.261 e. The number of rotatable bonds is 10. The Bertz CT molecular complexity index is 1780. The molecule has 200 valence electrons. The van der Waals surface area contributed by atoms with E-state index in [1.807, 2.05) is 63.9 Å². The molecule has 9 heteroatoms. The molecule has 0 fully saturated rings. The van der Waals surface area contributed by atoms with Gasteiger partial charge in [0.1, 0.15) is 18.2 Å². The van der Waals surface area contributed by atoms with E-state index < -0.39 is 0 Å². The standard InChI is InChI=1S/C31H28N6O2S/c1-2-3-8-29-32-28-14-11-22(19-39-24-15-16-40-20-24)17-27(28)31(38)37(29)18-21-9-12-23(13-10-21)25-6-4-5-7-26(25)30-33-35-36-34-30/h4-7,9-17,20H,2-3,8,18-19H2,1H3,(H,33,34,35,36). The third-order valence-corrected chi connectivity index (χ3v) is 7.53. The molecule has 0 aliphatic heterocycles. The molecule has 3 aromatic carbocycles. The van der Waals surface area contributed by atoms with E-state index in [4.69, 9.17) is 9.72 Å². The van der Waals surface area contributed by atoms with Crippen LogP contribution in [0.4, 0.5) is 0 Å². The lowest BCUT2D eigenvalue weighted by molar-refractivity contribution is 0.308. The summed E-state index contributed by atoms with van der Waals surface area (Å²) in [6.07, 6.45) is 2.75. The van der Waals surface area contributed by atoms with Gasteiger partial charge < -0.3 is 4.74 Å². The third kappa shape index (κ3) is 5.41. The normalized spacial score (nSPS) is 11.2. The van der Waals surface area contributed by atoms with Gasteiger partial charge in [-0.1, -0.05) is 67.9 Å². The SMILES string of the molecule is CCCCc1nc2ccc(COc3ccsc3)cc2c(=O)n1Cc1ccc(-c2ccccc2-c2nn[nH]n2)cc1. The number of H-pyrrole nitrogens is 1. The summed E-state index contributed by atoms with van der Waals surface area (Å²) in [6, 6.07) is 24.0. The molecule has 0 spiro atoms. The molecule has 0 saturated heterocycles. The average Bonchev–Trinajstić information content (AvgIpc) is 3.72. The van der Waals surface area contributed by atoms with Crippen LogP contribution in [-0.4, -0.2) is 30.2 Å². The quantitative estimate of drug-likeness (QED) is 0.216. The highest BCUT2D eigenvalue weighted by atomic mass is 32.1. The number of hydrogen-bond acceptors (Lipinski definition) is 7. The highest BCUT2D eigenvalue weighted by Gasteiger charge is 2.14. The first-order valence-corrected chi connectivity index (χ1v) is 14.2. The van der Waals surface area contributed by atoms with Gasteiger partial charge in [-0.3, -0.25) is 9.36 Å². The van der Waals surface area contributed by atoms with Gasteiger partial charge in [0.25, 0.3) is 5.56 Å². The Morgan fingerprint density at radius 3 is 2.55 bits per heavy atom. The Hall–Kier alpha value is -4.63. The number of thiophene rings is 1. The monoisotopic (exact) mass is 548 g/mol. The lowest BCUT2D eigenvalue weighted by Crippen LogP contribution is -2.26. The van der Waals surface area contributed by atoms with E-state index in [1.54, 1.807) is 11.3 Å².